The molecule has 1 amide bonds. The second-order valence-corrected chi connectivity index (χ2v) is 3.05. The summed E-state index contributed by atoms with van der Waals surface area (Å²) in [6.45, 7) is 5.85. The van der Waals surface area contributed by atoms with Gasteiger partial charge in [-0.15, -0.1) is 0 Å². The Labute approximate surface area is 88.4 Å². The molecule has 0 saturated carbocycles. The van der Waals surface area contributed by atoms with Crippen LogP contribution in [0.3, 0.4) is 0 Å². The molecule has 0 spiro atoms. The van der Waals surface area contributed by atoms with Crippen molar-refractivity contribution in [2.75, 3.05) is 13.1 Å². The van der Waals surface area contributed by atoms with Crippen LogP contribution < -0.4 is 10.6 Å². The highest BCUT2D eigenvalue weighted by atomic mass is 16.5. The average molecular weight is 212 g/mol. The van der Waals surface area contributed by atoms with Gasteiger partial charge in [-0.1, -0.05) is 12.1 Å². The molecule has 1 aromatic heterocycles. The first-order valence-corrected chi connectivity index (χ1v) is 5.09. The van der Waals surface area contributed by atoms with Crippen molar-refractivity contribution in [3.8, 4) is 0 Å². The van der Waals surface area contributed by atoms with E-state index in [1.165, 1.54) is 0 Å². The highest BCUT2D eigenvalue weighted by molar-refractivity contribution is 5.90. The zero-order chi connectivity index (χ0) is 11.1. The molecular weight excluding hydrogens is 196 g/mol. The van der Waals surface area contributed by atoms with Crippen molar-refractivity contribution in [1.82, 2.24) is 20.8 Å². The minimum atomic E-state index is -0.303. The van der Waals surface area contributed by atoms with Gasteiger partial charge >= 0.3 is 0 Å². The predicted molar refractivity (Wildman–Crippen MR) is 54.3 cm³/mol. The number of amides is 1. The molecule has 84 valence electrons. The average Bonchev–Trinajstić information content (AvgIpc) is 2.67. The summed E-state index contributed by atoms with van der Waals surface area (Å²) >= 11 is 0. The number of rotatable bonds is 6. The molecule has 1 aromatic rings. The van der Waals surface area contributed by atoms with Crippen LogP contribution in [-0.2, 0) is 6.54 Å². The standard InChI is InChI=1S/C9H16N4O2/c1-3-5-10-6-7-12-8(13-15-7)9(14)11-4-2/h10H,3-6H2,1-2H3,(H,11,14). The molecule has 6 heteroatoms. The Bertz CT molecular complexity index is 311. The van der Waals surface area contributed by atoms with E-state index in [0.717, 1.165) is 13.0 Å². The fourth-order valence-corrected chi connectivity index (χ4v) is 1.03. The summed E-state index contributed by atoms with van der Waals surface area (Å²) < 4.78 is 4.89. The molecule has 0 bridgehead atoms. The fourth-order valence-electron chi connectivity index (χ4n) is 1.03. The van der Waals surface area contributed by atoms with Gasteiger partial charge in [0.25, 0.3) is 11.7 Å². The topological polar surface area (TPSA) is 80.0 Å². The first-order valence-electron chi connectivity index (χ1n) is 5.09. The lowest BCUT2D eigenvalue weighted by Crippen LogP contribution is -2.24. The van der Waals surface area contributed by atoms with E-state index in [0.29, 0.717) is 19.0 Å². The quantitative estimate of drug-likeness (QED) is 0.664. The minimum absolute atomic E-state index is 0.0881. The smallest absolute Gasteiger partial charge is 0.292 e. The van der Waals surface area contributed by atoms with Crippen molar-refractivity contribution in [2.24, 2.45) is 0 Å². The van der Waals surface area contributed by atoms with Gasteiger partial charge in [-0.05, 0) is 19.9 Å². The zero-order valence-electron chi connectivity index (χ0n) is 9.04. The first kappa shape index (κ1) is 11.6. The van der Waals surface area contributed by atoms with Gasteiger partial charge in [-0.25, -0.2) is 0 Å². The number of nitrogens with zero attached hydrogens (tertiary/aromatic N) is 2. The molecule has 1 rings (SSSR count). The molecular formula is C9H16N4O2. The Morgan fingerprint density at radius 1 is 1.47 bits per heavy atom. The van der Waals surface area contributed by atoms with Crippen LogP contribution in [0.4, 0.5) is 0 Å². The minimum Gasteiger partial charge on any atom is -0.349 e. The number of nitrogens with one attached hydrogen (secondary N) is 2. The van der Waals surface area contributed by atoms with Crippen molar-refractivity contribution in [2.45, 2.75) is 26.8 Å². The van der Waals surface area contributed by atoms with Gasteiger partial charge < -0.3 is 15.2 Å². The van der Waals surface area contributed by atoms with Gasteiger partial charge in [0.05, 0.1) is 6.54 Å². The third-order valence-electron chi connectivity index (χ3n) is 1.71. The SMILES string of the molecule is CCCNCc1nc(C(=O)NCC)no1. The number of hydrogen-bond donors (Lipinski definition) is 2. The van der Waals surface area contributed by atoms with Crippen molar-refractivity contribution in [1.29, 1.82) is 0 Å². The number of aromatic nitrogens is 2. The Balaban J connectivity index is 2.45. The van der Waals surface area contributed by atoms with E-state index in [-0.39, 0.29) is 11.7 Å². The Hall–Kier alpha value is -1.43. The molecule has 15 heavy (non-hydrogen) atoms. The summed E-state index contributed by atoms with van der Waals surface area (Å²) in [7, 11) is 0. The second kappa shape index (κ2) is 6.13. The van der Waals surface area contributed by atoms with Crippen molar-refractivity contribution in [3.05, 3.63) is 11.7 Å². The third kappa shape index (κ3) is 3.67. The van der Waals surface area contributed by atoms with Gasteiger partial charge in [0, 0.05) is 6.54 Å². The number of carbonyl (C=O) groups is 1. The molecule has 0 atom stereocenters. The Morgan fingerprint density at radius 2 is 2.27 bits per heavy atom. The molecule has 2 N–H and O–H groups in total. The van der Waals surface area contributed by atoms with E-state index in [1.807, 2.05) is 6.92 Å². The van der Waals surface area contributed by atoms with E-state index in [9.17, 15) is 4.79 Å². The summed E-state index contributed by atoms with van der Waals surface area (Å²) in [6, 6.07) is 0. The molecule has 0 radical (unpaired) electrons. The maximum atomic E-state index is 11.3. The molecule has 0 aliphatic carbocycles. The van der Waals surface area contributed by atoms with E-state index < -0.39 is 0 Å². The fraction of sp³-hybridized carbons (Fsp3) is 0.667. The predicted octanol–water partition coefficient (Wildman–Crippen LogP) is 0.319. The number of carbonyl (C=O) groups excluding carboxylic acids is 1. The van der Waals surface area contributed by atoms with Crippen LogP contribution in [0.15, 0.2) is 4.52 Å². The van der Waals surface area contributed by atoms with Gasteiger partial charge in [0.2, 0.25) is 5.89 Å². The van der Waals surface area contributed by atoms with Crippen LogP contribution in [0, 0.1) is 0 Å². The summed E-state index contributed by atoms with van der Waals surface area (Å²) in [5.41, 5.74) is 0. The molecule has 1 heterocycles. The van der Waals surface area contributed by atoms with Crippen LogP contribution >= 0.6 is 0 Å². The summed E-state index contributed by atoms with van der Waals surface area (Å²) in [6.07, 6.45) is 1.04. The lowest BCUT2D eigenvalue weighted by atomic mass is 10.5. The highest BCUT2D eigenvalue weighted by Crippen LogP contribution is 1.96. The Morgan fingerprint density at radius 3 is 2.93 bits per heavy atom. The molecule has 0 unspecified atom stereocenters. The molecule has 0 saturated heterocycles. The third-order valence-corrected chi connectivity index (χ3v) is 1.71. The lowest BCUT2D eigenvalue weighted by Gasteiger charge is -1.96. The van der Waals surface area contributed by atoms with E-state index in [2.05, 4.69) is 27.7 Å². The van der Waals surface area contributed by atoms with Crippen molar-refractivity contribution < 1.29 is 9.32 Å². The summed E-state index contributed by atoms with van der Waals surface area (Å²) in [5, 5.41) is 9.28. The van der Waals surface area contributed by atoms with Crippen molar-refractivity contribution in [3.63, 3.8) is 0 Å². The molecule has 0 fully saturated rings. The van der Waals surface area contributed by atoms with Gasteiger partial charge in [-0.3, -0.25) is 4.79 Å². The number of hydrogen-bond acceptors (Lipinski definition) is 5. The normalized spacial score (nSPS) is 10.3. The zero-order valence-corrected chi connectivity index (χ0v) is 9.04. The highest BCUT2D eigenvalue weighted by Gasteiger charge is 2.12. The van der Waals surface area contributed by atoms with E-state index >= 15 is 0 Å². The summed E-state index contributed by atoms with van der Waals surface area (Å²) in [5.74, 6) is 0.220. The largest absolute Gasteiger partial charge is 0.349 e. The maximum Gasteiger partial charge on any atom is 0.292 e. The first-order chi connectivity index (χ1) is 7.27. The van der Waals surface area contributed by atoms with Crippen molar-refractivity contribution >= 4 is 5.91 Å². The van der Waals surface area contributed by atoms with Crippen LogP contribution in [0.5, 0.6) is 0 Å². The van der Waals surface area contributed by atoms with Crippen LogP contribution in [0.1, 0.15) is 36.8 Å². The van der Waals surface area contributed by atoms with E-state index in [1.54, 1.807) is 0 Å². The molecule has 6 nitrogen and oxygen atoms in total. The monoisotopic (exact) mass is 212 g/mol. The molecule has 0 aliphatic heterocycles. The van der Waals surface area contributed by atoms with Gasteiger partial charge in [-0.2, -0.15) is 4.98 Å². The molecule has 0 aliphatic rings. The molecule has 0 aromatic carbocycles. The maximum absolute atomic E-state index is 11.3. The van der Waals surface area contributed by atoms with Crippen LogP contribution in [0.2, 0.25) is 0 Å². The van der Waals surface area contributed by atoms with Crippen LogP contribution in [0.25, 0.3) is 0 Å². The lowest BCUT2D eigenvalue weighted by molar-refractivity contribution is 0.0942. The Kier molecular flexibility index (Phi) is 4.76. The summed E-state index contributed by atoms with van der Waals surface area (Å²) in [4.78, 5) is 15.2. The van der Waals surface area contributed by atoms with E-state index in [4.69, 9.17) is 4.52 Å². The van der Waals surface area contributed by atoms with Gasteiger partial charge in [0.1, 0.15) is 0 Å². The van der Waals surface area contributed by atoms with Crippen LogP contribution in [-0.4, -0.2) is 29.1 Å². The second-order valence-electron chi connectivity index (χ2n) is 3.05. The van der Waals surface area contributed by atoms with Gasteiger partial charge in [0.15, 0.2) is 0 Å².